The van der Waals surface area contributed by atoms with E-state index in [1.807, 2.05) is 0 Å². The second-order valence-corrected chi connectivity index (χ2v) is 4.58. The monoisotopic (exact) mass is 350 g/mol. The summed E-state index contributed by atoms with van der Waals surface area (Å²) in [5.41, 5.74) is 5.25. The molecule has 2 rings (SSSR count). The number of alkyl halides is 3. The van der Waals surface area contributed by atoms with E-state index in [2.05, 4.69) is 31.2 Å². The number of nitrogens with two attached hydrogens (primary N) is 1. The van der Waals surface area contributed by atoms with E-state index in [1.54, 1.807) is 0 Å². The van der Waals surface area contributed by atoms with Gasteiger partial charge in [-0.3, -0.25) is 0 Å². The number of nitrogen functional groups attached to an aromatic ring is 1. The highest BCUT2D eigenvalue weighted by molar-refractivity contribution is 9.10. The third kappa shape index (κ3) is 3.16. The van der Waals surface area contributed by atoms with E-state index in [-0.39, 0.29) is 17.3 Å². The predicted molar refractivity (Wildman–Crippen MR) is 68.8 cm³/mol. The maximum Gasteiger partial charge on any atom is 0.451 e. The van der Waals surface area contributed by atoms with Crippen LogP contribution in [0.3, 0.4) is 0 Å². The van der Waals surface area contributed by atoms with Gasteiger partial charge in [-0.2, -0.15) is 13.2 Å². The summed E-state index contributed by atoms with van der Waals surface area (Å²) < 4.78 is 51.6. The molecular weight excluding hydrogens is 344 g/mol. The molecule has 0 aliphatic rings. The Morgan fingerprint density at radius 2 is 1.90 bits per heavy atom. The van der Waals surface area contributed by atoms with Crippen LogP contribution >= 0.6 is 15.9 Å². The maximum absolute atomic E-state index is 13.6. The number of aromatic nitrogens is 2. The van der Waals surface area contributed by atoms with Gasteiger partial charge in [-0.25, -0.2) is 14.4 Å². The van der Waals surface area contributed by atoms with E-state index in [9.17, 15) is 17.6 Å². The van der Waals surface area contributed by atoms with Crippen LogP contribution in [0.25, 0.3) is 0 Å². The van der Waals surface area contributed by atoms with Crippen LogP contribution in [0, 0.1) is 5.82 Å². The number of hydrogen-bond acceptors (Lipinski definition) is 4. The van der Waals surface area contributed by atoms with Gasteiger partial charge < -0.3 is 11.1 Å². The summed E-state index contributed by atoms with van der Waals surface area (Å²) in [6.07, 6.45) is -4.74. The zero-order valence-corrected chi connectivity index (χ0v) is 11.3. The van der Waals surface area contributed by atoms with Crippen LogP contribution in [0.4, 0.5) is 34.9 Å². The molecule has 0 amide bonds. The summed E-state index contributed by atoms with van der Waals surface area (Å²) in [5, 5.41) is 2.44. The van der Waals surface area contributed by atoms with Crippen LogP contribution in [0.1, 0.15) is 5.82 Å². The second-order valence-electron chi connectivity index (χ2n) is 3.72. The molecule has 1 aromatic carbocycles. The van der Waals surface area contributed by atoms with Crippen LogP contribution < -0.4 is 11.1 Å². The first kappa shape index (κ1) is 14.5. The molecule has 0 aliphatic heterocycles. The van der Waals surface area contributed by atoms with Gasteiger partial charge in [-0.1, -0.05) is 6.07 Å². The molecule has 0 saturated heterocycles. The molecule has 0 bridgehead atoms. The predicted octanol–water partition coefficient (Wildman–Crippen LogP) is 3.72. The highest BCUT2D eigenvalue weighted by Gasteiger charge is 2.35. The van der Waals surface area contributed by atoms with E-state index in [0.717, 1.165) is 12.1 Å². The van der Waals surface area contributed by atoms with Gasteiger partial charge in [0.15, 0.2) is 0 Å². The van der Waals surface area contributed by atoms with Gasteiger partial charge in [0.25, 0.3) is 0 Å². The van der Waals surface area contributed by atoms with Crippen LogP contribution in [-0.2, 0) is 6.18 Å². The van der Waals surface area contributed by atoms with E-state index in [0.29, 0.717) is 4.47 Å². The minimum absolute atomic E-state index is 0.0428. The van der Waals surface area contributed by atoms with Crippen molar-refractivity contribution in [1.82, 2.24) is 9.97 Å². The third-order valence-electron chi connectivity index (χ3n) is 2.22. The lowest BCUT2D eigenvalue weighted by Crippen LogP contribution is -2.13. The van der Waals surface area contributed by atoms with Gasteiger partial charge >= 0.3 is 6.18 Å². The van der Waals surface area contributed by atoms with Crippen molar-refractivity contribution in [2.45, 2.75) is 6.18 Å². The highest BCUT2D eigenvalue weighted by Crippen LogP contribution is 2.31. The average Bonchev–Trinajstić information content (AvgIpc) is 2.32. The number of benzene rings is 1. The molecule has 0 spiro atoms. The fourth-order valence-corrected chi connectivity index (χ4v) is 1.84. The summed E-state index contributed by atoms with van der Waals surface area (Å²) in [5.74, 6) is -2.67. The third-order valence-corrected chi connectivity index (χ3v) is 2.88. The Bertz CT molecular complexity index is 625. The number of hydrogen-bond donors (Lipinski definition) is 2. The Morgan fingerprint density at radius 3 is 2.50 bits per heavy atom. The zero-order chi connectivity index (χ0) is 14.9. The van der Waals surface area contributed by atoms with Crippen LogP contribution in [0.5, 0.6) is 0 Å². The first-order valence-electron chi connectivity index (χ1n) is 5.20. The largest absolute Gasteiger partial charge is 0.451 e. The normalized spacial score (nSPS) is 11.4. The van der Waals surface area contributed by atoms with Crippen molar-refractivity contribution in [2.24, 2.45) is 0 Å². The second kappa shape index (κ2) is 5.23. The summed E-state index contributed by atoms with van der Waals surface area (Å²) >= 11 is 3.08. The zero-order valence-electron chi connectivity index (χ0n) is 9.67. The molecule has 9 heteroatoms. The van der Waals surface area contributed by atoms with E-state index < -0.39 is 17.8 Å². The molecule has 1 aromatic heterocycles. The first-order valence-corrected chi connectivity index (χ1v) is 5.99. The molecule has 0 fully saturated rings. The Kier molecular flexibility index (Phi) is 3.80. The number of nitrogens with zero attached hydrogens (tertiary/aromatic N) is 2. The van der Waals surface area contributed by atoms with Crippen molar-refractivity contribution in [3.05, 3.63) is 40.4 Å². The first-order chi connectivity index (χ1) is 9.27. The van der Waals surface area contributed by atoms with Crippen molar-refractivity contribution in [3.63, 3.8) is 0 Å². The minimum atomic E-state index is -4.74. The quantitative estimate of drug-likeness (QED) is 0.810. The molecule has 2 aromatic rings. The van der Waals surface area contributed by atoms with Crippen molar-refractivity contribution < 1.29 is 17.6 Å². The smallest absolute Gasteiger partial charge is 0.384 e. The molecule has 106 valence electrons. The topological polar surface area (TPSA) is 63.8 Å². The van der Waals surface area contributed by atoms with Crippen molar-refractivity contribution >= 4 is 33.3 Å². The molecule has 3 N–H and O–H groups in total. The lowest BCUT2D eigenvalue weighted by molar-refractivity contribution is -0.144. The standard InChI is InChI=1S/C11H7BrF4N4/c12-5-2-1-3-6(13)9(5)19-8-4-7(17)18-10(20-8)11(14,15)16/h1-4H,(H3,17,18,19,20). The molecule has 0 unspecified atom stereocenters. The van der Waals surface area contributed by atoms with Gasteiger partial charge in [-0.05, 0) is 28.1 Å². The number of rotatable bonds is 2. The molecule has 4 nitrogen and oxygen atoms in total. The Balaban J connectivity index is 2.42. The van der Waals surface area contributed by atoms with Gasteiger partial charge in [0.05, 0.1) is 5.69 Å². The SMILES string of the molecule is Nc1cc(Nc2c(F)cccc2Br)nc(C(F)(F)F)n1. The number of anilines is 3. The van der Waals surface area contributed by atoms with Crippen molar-refractivity contribution in [2.75, 3.05) is 11.1 Å². The van der Waals surface area contributed by atoms with E-state index in [1.165, 1.54) is 12.1 Å². The maximum atomic E-state index is 13.6. The number of para-hydroxylation sites is 1. The summed E-state index contributed by atoms with van der Waals surface area (Å²) in [6.45, 7) is 0. The molecule has 1 heterocycles. The van der Waals surface area contributed by atoms with Gasteiger partial charge in [-0.15, -0.1) is 0 Å². The van der Waals surface area contributed by atoms with Gasteiger partial charge in [0.1, 0.15) is 17.5 Å². The van der Waals surface area contributed by atoms with Crippen LogP contribution in [-0.4, -0.2) is 9.97 Å². The molecular formula is C11H7BrF4N4. The summed E-state index contributed by atoms with van der Waals surface area (Å²) in [4.78, 5) is 6.36. The van der Waals surface area contributed by atoms with E-state index in [4.69, 9.17) is 5.73 Å². The Hall–Kier alpha value is -1.90. The fraction of sp³-hybridized carbons (Fsp3) is 0.0909. The van der Waals surface area contributed by atoms with Crippen LogP contribution in [0.2, 0.25) is 0 Å². The van der Waals surface area contributed by atoms with Gasteiger partial charge in [0.2, 0.25) is 5.82 Å². The molecule has 0 aliphatic carbocycles. The van der Waals surface area contributed by atoms with Gasteiger partial charge in [0, 0.05) is 10.5 Å². The number of halogens is 5. The Morgan fingerprint density at radius 1 is 1.20 bits per heavy atom. The fourth-order valence-electron chi connectivity index (χ4n) is 1.40. The minimum Gasteiger partial charge on any atom is -0.384 e. The van der Waals surface area contributed by atoms with Crippen LogP contribution in [0.15, 0.2) is 28.7 Å². The lowest BCUT2D eigenvalue weighted by Gasteiger charge is -2.11. The summed E-state index contributed by atoms with van der Waals surface area (Å²) in [6, 6.07) is 5.21. The summed E-state index contributed by atoms with van der Waals surface area (Å²) in [7, 11) is 0. The average molecular weight is 351 g/mol. The lowest BCUT2D eigenvalue weighted by atomic mass is 10.3. The number of nitrogens with one attached hydrogen (secondary N) is 1. The molecule has 0 saturated carbocycles. The van der Waals surface area contributed by atoms with Crippen molar-refractivity contribution in [1.29, 1.82) is 0 Å². The molecule has 20 heavy (non-hydrogen) atoms. The Labute approximate surface area is 119 Å². The molecule has 0 radical (unpaired) electrons. The van der Waals surface area contributed by atoms with E-state index >= 15 is 0 Å². The van der Waals surface area contributed by atoms with Crippen molar-refractivity contribution in [3.8, 4) is 0 Å². The molecule has 0 atom stereocenters. The highest BCUT2D eigenvalue weighted by atomic mass is 79.9.